The summed E-state index contributed by atoms with van der Waals surface area (Å²) in [6.45, 7) is 1.59. The zero-order chi connectivity index (χ0) is 15.5. The Labute approximate surface area is 132 Å². The smallest absolute Gasteiger partial charge is 0.250 e. The molecule has 0 aliphatic carbocycles. The average molecular weight is 350 g/mol. The second-order valence-electron chi connectivity index (χ2n) is 4.50. The number of halogens is 1. The van der Waals surface area contributed by atoms with Crippen molar-refractivity contribution in [3.63, 3.8) is 0 Å². The molecule has 0 spiro atoms. The number of hydrogen-bond donors (Lipinski definition) is 2. The third-order valence-electron chi connectivity index (χ3n) is 3.15. The van der Waals surface area contributed by atoms with Gasteiger partial charge in [0.05, 0.1) is 23.2 Å². The van der Waals surface area contributed by atoms with Crippen LogP contribution in [0.3, 0.4) is 0 Å². The molecule has 21 heavy (non-hydrogen) atoms. The second kappa shape index (κ2) is 6.93. The highest BCUT2D eigenvalue weighted by Crippen LogP contribution is 2.28. The predicted molar refractivity (Wildman–Crippen MR) is 82.3 cm³/mol. The topological polar surface area (TPSA) is 79.5 Å². The molecule has 2 aromatic heterocycles. The third-order valence-corrected chi connectivity index (χ3v) is 6.36. The normalized spacial score (nSPS) is 15.0. The largest absolute Gasteiger partial charge is 0.469 e. The quantitative estimate of drug-likeness (QED) is 0.805. The Balaban J connectivity index is 2.22. The van der Waals surface area contributed by atoms with Crippen LogP contribution in [0.5, 0.6) is 0 Å². The number of rotatable bonds is 7. The monoisotopic (exact) mass is 349 g/mol. The predicted octanol–water partition coefficient (Wildman–Crippen LogP) is 2.83. The average Bonchev–Trinajstić information content (AvgIpc) is 3.10. The lowest BCUT2D eigenvalue weighted by atomic mass is 9.95. The van der Waals surface area contributed by atoms with Gasteiger partial charge in [0.2, 0.25) is 10.0 Å². The van der Waals surface area contributed by atoms with Gasteiger partial charge in [-0.3, -0.25) is 0 Å². The minimum absolute atomic E-state index is 0.125. The molecule has 0 aliphatic rings. The zero-order valence-electron chi connectivity index (χ0n) is 11.3. The first-order chi connectivity index (χ1) is 9.97. The van der Waals surface area contributed by atoms with E-state index in [0.29, 0.717) is 16.5 Å². The van der Waals surface area contributed by atoms with E-state index in [0.717, 1.165) is 11.3 Å². The van der Waals surface area contributed by atoms with Gasteiger partial charge in [0.25, 0.3) is 0 Å². The van der Waals surface area contributed by atoms with Crippen molar-refractivity contribution in [3.05, 3.63) is 40.6 Å². The summed E-state index contributed by atoms with van der Waals surface area (Å²) < 4.78 is 33.0. The molecule has 2 aromatic rings. The second-order valence-corrected chi connectivity index (χ2v) is 8.15. The standard InChI is InChI=1S/C13H16ClNO4S2/c1-2-9(11-4-3-7-19-11)10(8-16)15-21(17,18)13-6-5-12(14)20-13/h3-7,9-10,15-16H,2,8H2,1H3. The Morgan fingerprint density at radius 1 is 1.43 bits per heavy atom. The fourth-order valence-corrected chi connectivity index (χ4v) is 4.90. The molecule has 0 amide bonds. The number of thiophene rings is 1. The number of hydrogen-bond acceptors (Lipinski definition) is 5. The molecule has 8 heteroatoms. The fraction of sp³-hybridized carbons (Fsp3) is 0.385. The van der Waals surface area contributed by atoms with Crippen molar-refractivity contribution in [1.82, 2.24) is 4.72 Å². The van der Waals surface area contributed by atoms with Crippen molar-refractivity contribution in [1.29, 1.82) is 0 Å². The Hall–Kier alpha value is -0.860. The van der Waals surface area contributed by atoms with Gasteiger partial charge in [0.15, 0.2) is 0 Å². The fourth-order valence-electron chi connectivity index (χ4n) is 2.13. The van der Waals surface area contributed by atoms with Gasteiger partial charge in [-0.25, -0.2) is 13.1 Å². The minimum atomic E-state index is -3.71. The van der Waals surface area contributed by atoms with Crippen LogP contribution in [0.4, 0.5) is 0 Å². The molecule has 0 fully saturated rings. The van der Waals surface area contributed by atoms with Crippen molar-refractivity contribution in [2.45, 2.75) is 29.5 Å². The Morgan fingerprint density at radius 2 is 2.19 bits per heavy atom. The van der Waals surface area contributed by atoms with E-state index in [2.05, 4.69) is 4.72 Å². The molecule has 0 aromatic carbocycles. The summed E-state index contributed by atoms with van der Waals surface area (Å²) in [6, 6.07) is 5.82. The first kappa shape index (κ1) is 16.5. The van der Waals surface area contributed by atoms with Gasteiger partial charge in [-0.2, -0.15) is 0 Å². The molecule has 0 bridgehead atoms. The van der Waals surface area contributed by atoms with Crippen LogP contribution in [0.15, 0.2) is 39.2 Å². The van der Waals surface area contributed by atoms with E-state index in [9.17, 15) is 13.5 Å². The summed E-state index contributed by atoms with van der Waals surface area (Å²) in [6.07, 6.45) is 2.16. The van der Waals surface area contributed by atoms with Crippen molar-refractivity contribution in [3.8, 4) is 0 Å². The van der Waals surface area contributed by atoms with E-state index >= 15 is 0 Å². The molecule has 0 saturated heterocycles. The highest BCUT2D eigenvalue weighted by Gasteiger charge is 2.29. The van der Waals surface area contributed by atoms with Crippen LogP contribution < -0.4 is 4.72 Å². The Bertz CT molecular complexity index is 666. The molecular weight excluding hydrogens is 334 g/mol. The van der Waals surface area contributed by atoms with Gasteiger partial charge in [-0.1, -0.05) is 18.5 Å². The van der Waals surface area contributed by atoms with Crippen LogP contribution >= 0.6 is 22.9 Å². The molecule has 2 heterocycles. The zero-order valence-corrected chi connectivity index (χ0v) is 13.7. The first-order valence-electron chi connectivity index (χ1n) is 6.40. The number of furan rings is 1. The van der Waals surface area contributed by atoms with E-state index in [1.54, 1.807) is 12.1 Å². The molecule has 2 rings (SSSR count). The van der Waals surface area contributed by atoms with Gasteiger partial charge >= 0.3 is 0 Å². The SMILES string of the molecule is CCC(c1ccco1)C(CO)NS(=O)(=O)c1ccc(Cl)s1. The van der Waals surface area contributed by atoms with Gasteiger partial charge in [-0.05, 0) is 30.7 Å². The maximum Gasteiger partial charge on any atom is 0.250 e. The summed E-state index contributed by atoms with van der Waals surface area (Å²) in [5, 5.41) is 9.55. The van der Waals surface area contributed by atoms with Gasteiger partial charge in [-0.15, -0.1) is 11.3 Å². The maximum atomic E-state index is 12.3. The molecule has 5 nitrogen and oxygen atoms in total. The summed E-state index contributed by atoms with van der Waals surface area (Å²) in [5.41, 5.74) is 0. The first-order valence-corrected chi connectivity index (χ1v) is 9.07. The van der Waals surface area contributed by atoms with Crippen LogP contribution in [-0.4, -0.2) is 26.2 Å². The van der Waals surface area contributed by atoms with E-state index in [4.69, 9.17) is 16.0 Å². The molecular formula is C13H16ClNO4S2. The maximum absolute atomic E-state index is 12.3. The van der Waals surface area contributed by atoms with Gasteiger partial charge in [0, 0.05) is 5.92 Å². The molecule has 116 valence electrons. The number of aliphatic hydroxyl groups excluding tert-OH is 1. The lowest BCUT2D eigenvalue weighted by Gasteiger charge is -2.23. The van der Waals surface area contributed by atoms with Crippen LogP contribution in [-0.2, 0) is 10.0 Å². The van der Waals surface area contributed by atoms with Crippen molar-refractivity contribution in [2.24, 2.45) is 0 Å². The van der Waals surface area contributed by atoms with E-state index < -0.39 is 16.1 Å². The van der Waals surface area contributed by atoms with E-state index in [1.807, 2.05) is 6.92 Å². The summed E-state index contributed by atoms with van der Waals surface area (Å²) in [7, 11) is -3.71. The summed E-state index contributed by atoms with van der Waals surface area (Å²) >= 11 is 6.74. The van der Waals surface area contributed by atoms with Crippen molar-refractivity contribution >= 4 is 33.0 Å². The lowest BCUT2D eigenvalue weighted by molar-refractivity contribution is 0.227. The van der Waals surface area contributed by atoms with E-state index in [1.165, 1.54) is 18.4 Å². The van der Waals surface area contributed by atoms with Crippen molar-refractivity contribution < 1.29 is 17.9 Å². The number of aliphatic hydroxyl groups is 1. The Kier molecular flexibility index (Phi) is 5.45. The molecule has 2 unspecified atom stereocenters. The highest BCUT2D eigenvalue weighted by atomic mass is 35.5. The number of nitrogens with one attached hydrogen (secondary N) is 1. The van der Waals surface area contributed by atoms with E-state index in [-0.39, 0.29) is 16.7 Å². The highest BCUT2D eigenvalue weighted by molar-refractivity contribution is 7.91. The third kappa shape index (κ3) is 3.87. The van der Waals surface area contributed by atoms with Crippen LogP contribution in [0, 0.1) is 0 Å². The Morgan fingerprint density at radius 3 is 2.67 bits per heavy atom. The van der Waals surface area contributed by atoms with Crippen LogP contribution in [0.1, 0.15) is 25.0 Å². The molecule has 2 N–H and O–H groups in total. The summed E-state index contributed by atoms with van der Waals surface area (Å²) in [4.78, 5) is 0. The van der Waals surface area contributed by atoms with Crippen molar-refractivity contribution in [2.75, 3.05) is 6.61 Å². The minimum Gasteiger partial charge on any atom is -0.469 e. The summed E-state index contributed by atoms with van der Waals surface area (Å²) in [5.74, 6) is 0.402. The van der Waals surface area contributed by atoms with Gasteiger partial charge < -0.3 is 9.52 Å². The van der Waals surface area contributed by atoms with Gasteiger partial charge in [0.1, 0.15) is 9.97 Å². The molecule has 0 aliphatic heterocycles. The molecule has 2 atom stereocenters. The van der Waals surface area contributed by atoms with Crippen LogP contribution in [0.2, 0.25) is 4.34 Å². The number of sulfonamides is 1. The lowest BCUT2D eigenvalue weighted by Crippen LogP contribution is -2.41. The van der Waals surface area contributed by atoms with Crippen LogP contribution in [0.25, 0.3) is 0 Å². The molecule has 0 saturated carbocycles. The molecule has 0 radical (unpaired) electrons.